The van der Waals surface area contributed by atoms with Crippen LogP contribution in [0.1, 0.15) is 39.2 Å². The highest BCUT2D eigenvalue weighted by Crippen LogP contribution is 2.50. The topological polar surface area (TPSA) is 55.8 Å². The maximum Gasteiger partial charge on any atom is 0.309 e. The van der Waals surface area contributed by atoms with Crippen LogP contribution in [0.2, 0.25) is 10.0 Å². The van der Waals surface area contributed by atoms with Gasteiger partial charge in [0.15, 0.2) is 0 Å². The van der Waals surface area contributed by atoms with Gasteiger partial charge in [-0.25, -0.2) is 0 Å². The molecule has 1 unspecified atom stereocenters. The Morgan fingerprint density at radius 3 is 2.71 bits per heavy atom. The van der Waals surface area contributed by atoms with Crippen molar-refractivity contribution in [2.45, 2.75) is 44.8 Å². The van der Waals surface area contributed by atoms with Crippen LogP contribution in [0.15, 0.2) is 12.1 Å². The molecule has 116 valence electrons. The lowest BCUT2D eigenvalue weighted by molar-refractivity contribution is -0.153. The van der Waals surface area contributed by atoms with E-state index in [-0.39, 0.29) is 24.5 Å². The summed E-state index contributed by atoms with van der Waals surface area (Å²) in [7, 11) is 0. The molecule has 1 aliphatic rings. The number of benzene rings is 1. The van der Waals surface area contributed by atoms with Gasteiger partial charge in [-0.2, -0.15) is 0 Å². The normalized spacial score (nSPS) is 23.1. The van der Waals surface area contributed by atoms with Gasteiger partial charge >= 0.3 is 5.97 Å². The minimum atomic E-state index is -1.47. The van der Waals surface area contributed by atoms with E-state index >= 15 is 0 Å². The van der Waals surface area contributed by atoms with Gasteiger partial charge in [-0.05, 0) is 32.9 Å². The molecule has 1 aromatic carbocycles. The first-order valence-corrected chi connectivity index (χ1v) is 7.49. The summed E-state index contributed by atoms with van der Waals surface area (Å²) in [6, 6.07) is 3.26. The quantitative estimate of drug-likeness (QED) is 0.857. The molecule has 0 saturated heterocycles. The van der Waals surface area contributed by atoms with Crippen LogP contribution < -0.4 is 4.74 Å². The van der Waals surface area contributed by atoms with Crippen LogP contribution in [0.3, 0.4) is 0 Å². The first-order valence-electron chi connectivity index (χ1n) is 6.74. The van der Waals surface area contributed by atoms with Gasteiger partial charge in [0.25, 0.3) is 0 Å². The fraction of sp³-hybridized carbons (Fsp3) is 0.533. The predicted molar refractivity (Wildman–Crippen MR) is 80.9 cm³/mol. The molecule has 1 atom stereocenters. The molecule has 0 radical (unpaired) electrons. The summed E-state index contributed by atoms with van der Waals surface area (Å²) >= 11 is 12.3. The van der Waals surface area contributed by atoms with E-state index in [2.05, 4.69) is 0 Å². The van der Waals surface area contributed by atoms with E-state index in [4.69, 9.17) is 32.7 Å². The molecule has 1 heterocycles. The summed E-state index contributed by atoms with van der Waals surface area (Å²) in [5.41, 5.74) is -1.75. The molecule has 0 amide bonds. The Morgan fingerprint density at radius 2 is 2.10 bits per heavy atom. The third kappa shape index (κ3) is 3.28. The molecule has 21 heavy (non-hydrogen) atoms. The van der Waals surface area contributed by atoms with E-state index in [9.17, 15) is 9.90 Å². The van der Waals surface area contributed by atoms with Gasteiger partial charge in [0.05, 0.1) is 23.1 Å². The molecule has 4 nitrogen and oxygen atoms in total. The first kappa shape index (κ1) is 16.4. The first-order chi connectivity index (χ1) is 9.68. The van der Waals surface area contributed by atoms with Crippen LogP contribution in [-0.2, 0) is 15.1 Å². The SMILES string of the molecule is CCOC(=O)CC1(O)CC(C)(C)Oc2ccc(Cl)c(Cl)c21. The van der Waals surface area contributed by atoms with Gasteiger partial charge in [-0.1, -0.05) is 23.2 Å². The van der Waals surface area contributed by atoms with E-state index in [1.165, 1.54) is 0 Å². The maximum atomic E-state index is 11.8. The summed E-state index contributed by atoms with van der Waals surface area (Å²) in [5.74, 6) is -0.0489. The molecule has 2 rings (SSSR count). The molecule has 0 bridgehead atoms. The molecule has 0 aliphatic carbocycles. The van der Waals surface area contributed by atoms with Crippen molar-refractivity contribution < 1.29 is 19.4 Å². The molecule has 0 aromatic heterocycles. The lowest BCUT2D eigenvalue weighted by atomic mass is 9.78. The molecule has 6 heteroatoms. The third-order valence-corrected chi connectivity index (χ3v) is 4.17. The second-order valence-corrected chi connectivity index (χ2v) is 6.57. The number of rotatable bonds is 3. The van der Waals surface area contributed by atoms with Crippen molar-refractivity contribution >= 4 is 29.2 Å². The third-order valence-electron chi connectivity index (χ3n) is 3.37. The second-order valence-electron chi connectivity index (χ2n) is 5.79. The van der Waals surface area contributed by atoms with Gasteiger partial charge in [-0.3, -0.25) is 4.79 Å². The Bertz CT molecular complexity index is 571. The van der Waals surface area contributed by atoms with Crippen molar-refractivity contribution in [2.75, 3.05) is 6.61 Å². The molecule has 0 spiro atoms. The highest BCUT2D eigenvalue weighted by atomic mass is 35.5. The van der Waals surface area contributed by atoms with Crippen molar-refractivity contribution in [3.63, 3.8) is 0 Å². The Labute approximate surface area is 133 Å². The number of aliphatic hydroxyl groups is 1. The molecule has 1 aliphatic heterocycles. The van der Waals surface area contributed by atoms with Gasteiger partial charge in [0, 0.05) is 12.0 Å². The zero-order chi connectivity index (χ0) is 15.8. The fourth-order valence-electron chi connectivity index (χ4n) is 2.78. The van der Waals surface area contributed by atoms with Gasteiger partial charge in [0.2, 0.25) is 0 Å². The smallest absolute Gasteiger partial charge is 0.309 e. The van der Waals surface area contributed by atoms with E-state index in [0.717, 1.165) is 0 Å². The van der Waals surface area contributed by atoms with Gasteiger partial charge < -0.3 is 14.6 Å². The van der Waals surface area contributed by atoms with Crippen LogP contribution in [0.4, 0.5) is 0 Å². The Morgan fingerprint density at radius 1 is 1.43 bits per heavy atom. The number of carbonyl (C=O) groups is 1. The number of hydrogen-bond acceptors (Lipinski definition) is 4. The monoisotopic (exact) mass is 332 g/mol. The van der Waals surface area contributed by atoms with Crippen molar-refractivity contribution in [2.24, 2.45) is 0 Å². The number of hydrogen-bond donors (Lipinski definition) is 1. The van der Waals surface area contributed by atoms with E-state index in [1.807, 2.05) is 13.8 Å². The zero-order valence-electron chi connectivity index (χ0n) is 12.2. The average Bonchev–Trinajstić information content (AvgIpc) is 2.31. The van der Waals surface area contributed by atoms with Crippen molar-refractivity contribution in [1.82, 2.24) is 0 Å². The Hall–Kier alpha value is -0.970. The molecule has 0 fully saturated rings. The zero-order valence-corrected chi connectivity index (χ0v) is 13.7. The van der Waals surface area contributed by atoms with Crippen LogP contribution in [-0.4, -0.2) is 23.3 Å². The maximum absolute atomic E-state index is 11.8. The van der Waals surface area contributed by atoms with Crippen molar-refractivity contribution in [1.29, 1.82) is 0 Å². The lowest BCUT2D eigenvalue weighted by Gasteiger charge is -2.43. The molecule has 1 N–H and O–H groups in total. The minimum absolute atomic E-state index is 0.194. The van der Waals surface area contributed by atoms with Gasteiger partial charge in [0.1, 0.15) is 17.0 Å². The molecule has 1 aromatic rings. The van der Waals surface area contributed by atoms with Gasteiger partial charge in [-0.15, -0.1) is 0 Å². The molecular weight excluding hydrogens is 315 g/mol. The number of ether oxygens (including phenoxy) is 2. The largest absolute Gasteiger partial charge is 0.487 e. The number of halogens is 2. The van der Waals surface area contributed by atoms with Crippen LogP contribution in [0, 0.1) is 0 Å². The molecule has 0 saturated carbocycles. The van der Waals surface area contributed by atoms with Crippen LogP contribution >= 0.6 is 23.2 Å². The minimum Gasteiger partial charge on any atom is -0.487 e. The second kappa shape index (κ2) is 5.67. The van der Waals surface area contributed by atoms with Crippen LogP contribution in [0.5, 0.6) is 5.75 Å². The number of fused-ring (bicyclic) bond motifs is 1. The lowest BCUT2D eigenvalue weighted by Crippen LogP contribution is -2.45. The number of esters is 1. The molecular formula is C15H18Cl2O4. The predicted octanol–water partition coefficient (Wildman–Crippen LogP) is 3.70. The Kier molecular flexibility index (Phi) is 4.43. The average molecular weight is 333 g/mol. The van der Waals surface area contributed by atoms with E-state index < -0.39 is 17.2 Å². The summed E-state index contributed by atoms with van der Waals surface area (Å²) in [6.07, 6.45) is 0.0204. The summed E-state index contributed by atoms with van der Waals surface area (Å²) in [6.45, 7) is 5.65. The van der Waals surface area contributed by atoms with Crippen molar-refractivity contribution in [3.8, 4) is 5.75 Å². The fourth-order valence-corrected chi connectivity index (χ4v) is 3.27. The Balaban J connectivity index is 2.51. The highest BCUT2D eigenvalue weighted by molar-refractivity contribution is 6.42. The van der Waals surface area contributed by atoms with Crippen molar-refractivity contribution in [3.05, 3.63) is 27.7 Å². The summed E-state index contributed by atoms with van der Waals surface area (Å²) in [4.78, 5) is 11.8. The summed E-state index contributed by atoms with van der Waals surface area (Å²) in [5, 5.41) is 11.5. The summed E-state index contributed by atoms with van der Waals surface area (Å²) < 4.78 is 10.8. The highest BCUT2D eigenvalue weighted by Gasteiger charge is 2.47. The van der Waals surface area contributed by atoms with Crippen LogP contribution in [0.25, 0.3) is 0 Å². The number of carbonyl (C=O) groups excluding carboxylic acids is 1. The van der Waals surface area contributed by atoms with E-state index in [0.29, 0.717) is 16.3 Å². The van der Waals surface area contributed by atoms with E-state index in [1.54, 1.807) is 19.1 Å². The standard InChI is InChI=1S/C15H18Cl2O4/c1-4-20-11(18)7-15(19)8-14(2,3)21-10-6-5-9(16)13(17)12(10)15/h5-6,19H,4,7-8H2,1-3H3.